The maximum Gasteiger partial charge on any atom is 0.337 e. The third-order valence-corrected chi connectivity index (χ3v) is 4.48. The highest BCUT2D eigenvalue weighted by atomic mass is 16.5. The van der Waals surface area contributed by atoms with E-state index in [1.165, 1.54) is 13.2 Å². The van der Waals surface area contributed by atoms with Gasteiger partial charge in [0.1, 0.15) is 0 Å². The number of methoxy groups -OCH3 is 1. The molecule has 0 bridgehead atoms. The molecular formula is C20H22N4O4. The first-order valence-electron chi connectivity index (χ1n) is 9.03. The number of imidazole rings is 1. The van der Waals surface area contributed by atoms with Crippen molar-refractivity contribution >= 4 is 23.5 Å². The van der Waals surface area contributed by atoms with Crippen LogP contribution in [0.1, 0.15) is 50.0 Å². The SMILES string of the molecule is C=CCNC(=O)c1nc(C(=O)Nc2cccc(C(=O)OC)c2)c2n1CCCC2. The number of carbonyl (C=O) groups is 3. The van der Waals surface area contributed by atoms with Gasteiger partial charge < -0.3 is 19.9 Å². The van der Waals surface area contributed by atoms with Crippen LogP contribution in [0.3, 0.4) is 0 Å². The summed E-state index contributed by atoms with van der Waals surface area (Å²) < 4.78 is 6.51. The van der Waals surface area contributed by atoms with E-state index in [2.05, 4.69) is 22.2 Å². The lowest BCUT2D eigenvalue weighted by atomic mass is 10.1. The Morgan fingerprint density at radius 2 is 2.11 bits per heavy atom. The zero-order valence-corrected chi connectivity index (χ0v) is 15.7. The maximum absolute atomic E-state index is 12.8. The van der Waals surface area contributed by atoms with Gasteiger partial charge in [0.2, 0.25) is 0 Å². The lowest BCUT2D eigenvalue weighted by Gasteiger charge is -2.17. The number of nitrogens with zero attached hydrogens (tertiary/aromatic N) is 2. The van der Waals surface area contributed by atoms with E-state index in [-0.39, 0.29) is 17.4 Å². The maximum atomic E-state index is 12.8. The van der Waals surface area contributed by atoms with Gasteiger partial charge in [-0.3, -0.25) is 9.59 Å². The molecule has 8 nitrogen and oxygen atoms in total. The standard InChI is InChI=1S/C20H22N4O4/c1-3-10-21-19(26)17-23-16(15-9-4-5-11-24(15)17)18(25)22-14-8-6-7-13(12-14)20(27)28-2/h3,6-8,12H,1,4-5,9-11H2,2H3,(H,21,26)(H,22,25). The molecule has 28 heavy (non-hydrogen) atoms. The van der Waals surface area contributed by atoms with Gasteiger partial charge in [0, 0.05) is 18.8 Å². The molecule has 2 amide bonds. The molecule has 0 fully saturated rings. The van der Waals surface area contributed by atoms with Crippen LogP contribution in [-0.4, -0.2) is 41.0 Å². The fraction of sp³-hybridized carbons (Fsp3) is 0.300. The number of hydrogen-bond donors (Lipinski definition) is 2. The number of rotatable bonds is 6. The molecule has 8 heteroatoms. The van der Waals surface area contributed by atoms with Crippen LogP contribution in [-0.2, 0) is 17.7 Å². The van der Waals surface area contributed by atoms with Crippen molar-refractivity contribution in [1.29, 1.82) is 0 Å². The van der Waals surface area contributed by atoms with Gasteiger partial charge in [0.05, 0.1) is 18.4 Å². The van der Waals surface area contributed by atoms with E-state index in [4.69, 9.17) is 4.74 Å². The van der Waals surface area contributed by atoms with Crippen molar-refractivity contribution in [1.82, 2.24) is 14.9 Å². The molecule has 1 aliphatic rings. The molecule has 1 aliphatic heterocycles. The number of carbonyl (C=O) groups excluding carboxylic acids is 3. The Morgan fingerprint density at radius 1 is 1.29 bits per heavy atom. The highest BCUT2D eigenvalue weighted by molar-refractivity contribution is 6.05. The lowest BCUT2D eigenvalue weighted by Crippen LogP contribution is -2.28. The first-order chi connectivity index (χ1) is 13.5. The Balaban J connectivity index is 1.87. The van der Waals surface area contributed by atoms with Crippen molar-refractivity contribution in [3.8, 4) is 0 Å². The summed E-state index contributed by atoms with van der Waals surface area (Å²) in [5.74, 6) is -1.02. The quantitative estimate of drug-likeness (QED) is 0.589. The van der Waals surface area contributed by atoms with Crippen molar-refractivity contribution in [2.24, 2.45) is 0 Å². The van der Waals surface area contributed by atoms with E-state index in [1.54, 1.807) is 24.3 Å². The van der Waals surface area contributed by atoms with E-state index in [0.717, 1.165) is 18.5 Å². The number of amides is 2. The summed E-state index contributed by atoms with van der Waals surface area (Å²) in [7, 11) is 1.30. The molecule has 0 unspecified atom stereocenters. The zero-order chi connectivity index (χ0) is 20.1. The summed E-state index contributed by atoms with van der Waals surface area (Å²) in [5.41, 5.74) is 1.75. The zero-order valence-electron chi connectivity index (χ0n) is 15.7. The molecule has 0 saturated heterocycles. The summed E-state index contributed by atoms with van der Waals surface area (Å²) >= 11 is 0. The highest BCUT2D eigenvalue weighted by Crippen LogP contribution is 2.22. The van der Waals surface area contributed by atoms with Gasteiger partial charge in [0.25, 0.3) is 11.8 Å². The third-order valence-electron chi connectivity index (χ3n) is 4.48. The van der Waals surface area contributed by atoms with E-state index in [9.17, 15) is 14.4 Å². The van der Waals surface area contributed by atoms with Gasteiger partial charge in [-0.15, -0.1) is 6.58 Å². The predicted molar refractivity (Wildman–Crippen MR) is 103 cm³/mol. The summed E-state index contributed by atoms with van der Waals surface area (Å²) in [6.45, 7) is 4.55. The molecule has 1 aromatic carbocycles. The van der Waals surface area contributed by atoms with Gasteiger partial charge >= 0.3 is 5.97 Å². The van der Waals surface area contributed by atoms with Crippen molar-refractivity contribution in [3.63, 3.8) is 0 Å². The molecule has 1 aromatic heterocycles. The molecule has 0 spiro atoms. The average Bonchev–Trinajstić information content (AvgIpc) is 3.11. The highest BCUT2D eigenvalue weighted by Gasteiger charge is 2.27. The van der Waals surface area contributed by atoms with Crippen LogP contribution in [0.25, 0.3) is 0 Å². The van der Waals surface area contributed by atoms with Gasteiger partial charge in [-0.1, -0.05) is 12.1 Å². The Hall–Kier alpha value is -3.42. The Bertz CT molecular complexity index is 932. The van der Waals surface area contributed by atoms with Crippen LogP contribution < -0.4 is 10.6 Å². The first-order valence-corrected chi connectivity index (χ1v) is 9.03. The molecule has 0 aliphatic carbocycles. The summed E-state index contributed by atoms with van der Waals surface area (Å²) in [4.78, 5) is 41.2. The monoisotopic (exact) mass is 382 g/mol. The lowest BCUT2D eigenvalue weighted by molar-refractivity contribution is 0.0600. The third kappa shape index (κ3) is 3.95. The molecule has 3 rings (SSSR count). The molecule has 0 saturated carbocycles. The molecule has 2 heterocycles. The fourth-order valence-electron chi connectivity index (χ4n) is 3.17. The molecule has 0 atom stereocenters. The molecule has 0 radical (unpaired) electrons. The van der Waals surface area contributed by atoms with Crippen LogP contribution in [0.4, 0.5) is 5.69 Å². The van der Waals surface area contributed by atoms with Crippen LogP contribution in [0.15, 0.2) is 36.9 Å². The van der Waals surface area contributed by atoms with Crippen molar-refractivity contribution in [2.45, 2.75) is 25.8 Å². The Labute approximate surface area is 162 Å². The van der Waals surface area contributed by atoms with Crippen molar-refractivity contribution < 1.29 is 19.1 Å². The predicted octanol–water partition coefficient (Wildman–Crippen LogP) is 2.17. The average molecular weight is 382 g/mol. The van der Waals surface area contributed by atoms with E-state index >= 15 is 0 Å². The fourth-order valence-corrected chi connectivity index (χ4v) is 3.17. The largest absolute Gasteiger partial charge is 0.465 e. The minimum Gasteiger partial charge on any atom is -0.465 e. The van der Waals surface area contributed by atoms with Crippen LogP contribution in [0.2, 0.25) is 0 Å². The molecule has 2 N–H and O–H groups in total. The normalized spacial score (nSPS) is 12.6. The minimum atomic E-state index is -0.489. The number of nitrogens with one attached hydrogen (secondary N) is 2. The van der Waals surface area contributed by atoms with Crippen molar-refractivity contribution in [2.75, 3.05) is 19.0 Å². The van der Waals surface area contributed by atoms with Crippen molar-refractivity contribution in [3.05, 3.63) is 59.7 Å². The number of esters is 1. The Kier molecular flexibility index (Phi) is 5.88. The number of ether oxygens (including phenoxy) is 1. The van der Waals surface area contributed by atoms with Gasteiger partial charge in [-0.2, -0.15) is 0 Å². The second kappa shape index (κ2) is 8.51. The first kappa shape index (κ1) is 19.3. The summed E-state index contributed by atoms with van der Waals surface area (Å²) in [6, 6.07) is 6.45. The van der Waals surface area contributed by atoms with E-state index in [0.29, 0.717) is 30.8 Å². The number of benzene rings is 1. The topological polar surface area (TPSA) is 102 Å². The Morgan fingerprint density at radius 3 is 2.86 bits per heavy atom. The van der Waals surface area contributed by atoms with Crippen LogP contribution in [0, 0.1) is 0 Å². The van der Waals surface area contributed by atoms with Gasteiger partial charge in [-0.25, -0.2) is 9.78 Å². The van der Waals surface area contributed by atoms with Crippen LogP contribution in [0.5, 0.6) is 0 Å². The smallest absolute Gasteiger partial charge is 0.337 e. The van der Waals surface area contributed by atoms with Gasteiger partial charge in [0.15, 0.2) is 11.5 Å². The number of anilines is 1. The minimum absolute atomic E-state index is 0.227. The number of aromatic nitrogens is 2. The number of fused-ring (bicyclic) bond motifs is 1. The second-order valence-electron chi connectivity index (χ2n) is 6.36. The molecular weight excluding hydrogens is 360 g/mol. The number of hydrogen-bond acceptors (Lipinski definition) is 5. The summed E-state index contributed by atoms with van der Waals surface area (Å²) in [6.07, 6.45) is 4.11. The van der Waals surface area contributed by atoms with E-state index < -0.39 is 11.9 Å². The van der Waals surface area contributed by atoms with E-state index in [1.807, 2.05) is 4.57 Å². The molecule has 146 valence electrons. The molecule has 2 aromatic rings. The van der Waals surface area contributed by atoms with Gasteiger partial charge in [-0.05, 0) is 37.5 Å². The van der Waals surface area contributed by atoms with Crippen LogP contribution >= 0.6 is 0 Å². The summed E-state index contributed by atoms with van der Waals surface area (Å²) in [5, 5.41) is 5.46. The second-order valence-corrected chi connectivity index (χ2v) is 6.36.